The maximum Gasteiger partial charge on any atom is 0.170 e. The highest BCUT2D eigenvalue weighted by Gasteiger charge is 2.21. The Morgan fingerprint density at radius 1 is 0.812 bits per heavy atom. The van der Waals surface area contributed by atoms with Crippen molar-refractivity contribution >= 4 is 17.4 Å². The average Bonchev–Trinajstić information content (AvgIpc) is 2.16. The summed E-state index contributed by atoms with van der Waals surface area (Å²) in [5, 5.41) is 0. The molecule has 0 unspecified atom stereocenters. The van der Waals surface area contributed by atoms with E-state index in [1.54, 1.807) is 0 Å². The van der Waals surface area contributed by atoms with E-state index < -0.39 is 17.4 Å². The molecule has 0 aliphatic heterocycles. The first-order valence-corrected chi connectivity index (χ1v) is 12.7. The Morgan fingerprint density at radius 2 is 1.25 bits per heavy atom. The van der Waals surface area contributed by atoms with E-state index in [0.29, 0.717) is 0 Å². The summed E-state index contributed by atoms with van der Waals surface area (Å²) in [5.74, 6) is 0. The Balaban J connectivity index is 3.85. The van der Waals surface area contributed by atoms with Gasteiger partial charge >= 0.3 is 0 Å². The van der Waals surface area contributed by atoms with Gasteiger partial charge in [-0.3, -0.25) is 0 Å². The monoisotopic (exact) mass is 260 g/mol. The molecule has 0 aliphatic rings. The van der Waals surface area contributed by atoms with Gasteiger partial charge in [0.15, 0.2) is 17.4 Å². The van der Waals surface area contributed by atoms with Crippen LogP contribution in [0, 0.1) is 0 Å². The minimum atomic E-state index is -1.28. The lowest BCUT2D eigenvalue weighted by molar-refractivity contribution is 0.549. The maximum absolute atomic E-state index is 6.41. The summed E-state index contributed by atoms with van der Waals surface area (Å²) in [7, 11) is -2.14. The zero-order chi connectivity index (χ0) is 12.4. The zero-order valence-corrected chi connectivity index (χ0v) is 14.3. The minimum absolute atomic E-state index is 0.860. The summed E-state index contributed by atoms with van der Waals surface area (Å²) in [6.07, 6.45) is 8.28. The number of unbranched alkanes of at least 4 members (excludes halogenated alkanes) is 4. The molecule has 0 saturated carbocycles. The fourth-order valence-electron chi connectivity index (χ4n) is 2.01. The van der Waals surface area contributed by atoms with Gasteiger partial charge in [0, 0.05) is 0 Å². The van der Waals surface area contributed by atoms with Crippen LogP contribution in [0.2, 0.25) is 31.7 Å². The summed E-state index contributed by atoms with van der Waals surface area (Å²) >= 11 is 0. The lowest BCUT2D eigenvalue weighted by Gasteiger charge is -2.25. The third-order valence-electron chi connectivity index (χ3n) is 2.78. The van der Waals surface area contributed by atoms with E-state index in [4.69, 9.17) is 4.12 Å². The molecule has 0 rings (SSSR count). The molecule has 0 aromatic heterocycles. The van der Waals surface area contributed by atoms with Crippen LogP contribution in [0.5, 0.6) is 0 Å². The first-order chi connectivity index (χ1) is 7.49. The predicted molar refractivity (Wildman–Crippen MR) is 80.2 cm³/mol. The Morgan fingerprint density at radius 3 is 1.56 bits per heavy atom. The van der Waals surface area contributed by atoms with Crippen LogP contribution in [-0.2, 0) is 4.12 Å². The van der Waals surface area contributed by atoms with E-state index >= 15 is 0 Å². The topological polar surface area (TPSA) is 9.23 Å². The second-order valence-electron chi connectivity index (χ2n) is 5.84. The van der Waals surface area contributed by atoms with Gasteiger partial charge in [0.25, 0.3) is 0 Å². The molecule has 98 valence electrons. The van der Waals surface area contributed by atoms with Crippen LogP contribution in [-0.4, -0.2) is 17.4 Å². The third-order valence-corrected chi connectivity index (χ3v) is 9.05. The maximum atomic E-state index is 6.41. The highest BCUT2D eigenvalue weighted by Crippen LogP contribution is 2.17. The molecule has 3 heteroatoms. The Kier molecular flexibility index (Phi) is 9.66. The van der Waals surface area contributed by atoms with Crippen LogP contribution in [0.1, 0.15) is 52.4 Å². The molecule has 0 radical (unpaired) electrons. The average molecular weight is 261 g/mol. The van der Waals surface area contributed by atoms with Crippen molar-refractivity contribution < 1.29 is 4.12 Å². The van der Waals surface area contributed by atoms with Crippen molar-refractivity contribution in [2.24, 2.45) is 0 Å². The lowest BCUT2D eigenvalue weighted by Crippen LogP contribution is -2.34. The quantitative estimate of drug-likeness (QED) is 0.399. The van der Waals surface area contributed by atoms with Gasteiger partial charge in [0.1, 0.15) is 0 Å². The van der Waals surface area contributed by atoms with Crippen molar-refractivity contribution in [2.75, 3.05) is 0 Å². The van der Waals surface area contributed by atoms with E-state index in [2.05, 4.69) is 33.5 Å². The van der Waals surface area contributed by atoms with Crippen molar-refractivity contribution in [3.8, 4) is 0 Å². The zero-order valence-electron chi connectivity index (χ0n) is 12.1. The van der Waals surface area contributed by atoms with Crippen LogP contribution >= 0.6 is 0 Å². The number of hydrogen-bond donors (Lipinski definition) is 0. The largest absolute Gasteiger partial charge is 0.458 e. The number of rotatable bonds is 10. The van der Waals surface area contributed by atoms with Crippen LogP contribution < -0.4 is 0 Å². The van der Waals surface area contributed by atoms with E-state index in [1.807, 2.05) is 0 Å². The van der Waals surface area contributed by atoms with Gasteiger partial charge in [-0.1, -0.05) is 52.4 Å². The Bertz CT molecular complexity index is 145. The molecule has 0 spiro atoms. The Labute approximate surface area is 106 Å². The van der Waals surface area contributed by atoms with Gasteiger partial charge in [0.2, 0.25) is 0 Å². The first kappa shape index (κ1) is 16.4. The van der Waals surface area contributed by atoms with Crippen LogP contribution in [0.25, 0.3) is 0 Å². The molecule has 16 heavy (non-hydrogen) atoms. The van der Waals surface area contributed by atoms with Gasteiger partial charge in [0.05, 0.1) is 0 Å². The van der Waals surface area contributed by atoms with Crippen molar-refractivity contribution in [3.63, 3.8) is 0 Å². The molecule has 1 nitrogen and oxygen atoms in total. The minimum Gasteiger partial charge on any atom is -0.458 e. The van der Waals surface area contributed by atoms with Crippen LogP contribution in [0.3, 0.4) is 0 Å². The molecule has 0 saturated heterocycles. The molecule has 0 N–H and O–H groups in total. The van der Waals surface area contributed by atoms with Crippen molar-refractivity contribution in [1.29, 1.82) is 0 Å². The second-order valence-corrected chi connectivity index (χ2v) is 13.4. The standard InChI is InChI=1S/C13H32OSi2/c1-6-8-10-12-15(13-11-9-7-2)14-16(3,4)5/h15H,6-13H2,1-5H3. The molecule has 0 heterocycles. The molecule has 0 amide bonds. The van der Waals surface area contributed by atoms with Gasteiger partial charge in [-0.05, 0) is 31.7 Å². The summed E-state index contributed by atoms with van der Waals surface area (Å²) in [6.45, 7) is 11.6. The molecule has 0 aromatic rings. The van der Waals surface area contributed by atoms with Gasteiger partial charge in [-0.25, -0.2) is 0 Å². The molecular weight excluding hydrogens is 228 g/mol. The number of hydrogen-bond acceptors (Lipinski definition) is 1. The third kappa shape index (κ3) is 10.9. The van der Waals surface area contributed by atoms with Crippen molar-refractivity contribution in [1.82, 2.24) is 0 Å². The normalized spacial score (nSPS) is 12.4. The SMILES string of the molecule is CCCCC[SiH](CCCCC)O[Si](C)(C)C. The molecule has 0 aliphatic carbocycles. The molecule has 0 fully saturated rings. The molecule has 0 bridgehead atoms. The van der Waals surface area contributed by atoms with E-state index in [-0.39, 0.29) is 0 Å². The van der Waals surface area contributed by atoms with Crippen molar-refractivity contribution in [3.05, 3.63) is 0 Å². The van der Waals surface area contributed by atoms with Crippen LogP contribution in [0.15, 0.2) is 0 Å². The van der Waals surface area contributed by atoms with Gasteiger partial charge < -0.3 is 4.12 Å². The highest BCUT2D eigenvalue weighted by molar-refractivity contribution is 6.77. The van der Waals surface area contributed by atoms with E-state index in [1.165, 1.54) is 50.6 Å². The fraction of sp³-hybridized carbons (Fsp3) is 1.00. The lowest BCUT2D eigenvalue weighted by atomic mass is 10.3. The smallest absolute Gasteiger partial charge is 0.170 e. The van der Waals surface area contributed by atoms with Crippen LogP contribution in [0.4, 0.5) is 0 Å². The fourth-order valence-corrected chi connectivity index (χ4v) is 8.73. The van der Waals surface area contributed by atoms with E-state index in [0.717, 1.165) is 0 Å². The summed E-state index contributed by atoms with van der Waals surface area (Å²) < 4.78 is 6.41. The first-order valence-electron chi connectivity index (χ1n) is 7.17. The van der Waals surface area contributed by atoms with Crippen molar-refractivity contribution in [2.45, 2.75) is 84.1 Å². The second kappa shape index (κ2) is 9.43. The summed E-state index contributed by atoms with van der Waals surface area (Å²) in [5.41, 5.74) is 0. The van der Waals surface area contributed by atoms with E-state index in [9.17, 15) is 0 Å². The van der Waals surface area contributed by atoms with Gasteiger partial charge in [-0.15, -0.1) is 0 Å². The molecule has 0 atom stereocenters. The highest BCUT2D eigenvalue weighted by atomic mass is 28.4. The molecular formula is C13H32OSi2. The molecule has 0 aromatic carbocycles. The summed E-state index contributed by atoms with van der Waals surface area (Å²) in [4.78, 5) is 0. The predicted octanol–water partition coefficient (Wildman–Crippen LogP) is 4.94. The Hall–Kier alpha value is 0.394. The van der Waals surface area contributed by atoms with Gasteiger partial charge in [-0.2, -0.15) is 0 Å². The summed E-state index contributed by atoms with van der Waals surface area (Å²) in [6, 6.07) is 2.84.